The summed E-state index contributed by atoms with van der Waals surface area (Å²) in [5.74, 6) is 2.05. The Hall–Kier alpha value is -1.84. The van der Waals surface area contributed by atoms with E-state index in [4.69, 9.17) is 9.72 Å². The van der Waals surface area contributed by atoms with E-state index < -0.39 is 0 Å². The maximum atomic E-state index is 12.6. The molecular formula is C17H22N2O2. The molecular weight excluding hydrogens is 264 g/mol. The van der Waals surface area contributed by atoms with Crippen LogP contribution in [0.1, 0.15) is 45.4 Å². The third-order valence-corrected chi connectivity index (χ3v) is 4.12. The lowest BCUT2D eigenvalue weighted by Gasteiger charge is -2.22. The summed E-state index contributed by atoms with van der Waals surface area (Å²) < 4.78 is 7.09. The van der Waals surface area contributed by atoms with E-state index in [1.54, 1.807) is 7.11 Å². The van der Waals surface area contributed by atoms with Crippen LogP contribution in [0, 0.1) is 5.41 Å². The van der Waals surface area contributed by atoms with E-state index in [-0.39, 0.29) is 11.0 Å². The molecule has 1 aromatic carbocycles. The Bertz CT molecular complexity index is 741. The number of hydrogen-bond acceptors (Lipinski definition) is 3. The molecule has 2 aromatic rings. The number of nitrogens with zero attached hydrogens (tertiary/aromatic N) is 2. The van der Waals surface area contributed by atoms with Gasteiger partial charge in [-0.05, 0) is 30.4 Å². The van der Waals surface area contributed by atoms with Crippen LogP contribution in [0.5, 0.6) is 5.75 Å². The number of hydrogen-bond donors (Lipinski definition) is 0. The molecule has 21 heavy (non-hydrogen) atoms. The van der Waals surface area contributed by atoms with Crippen LogP contribution < -0.4 is 10.3 Å². The van der Waals surface area contributed by atoms with Crippen molar-refractivity contribution in [3.63, 3.8) is 0 Å². The van der Waals surface area contributed by atoms with Crippen molar-refractivity contribution in [3.8, 4) is 5.75 Å². The monoisotopic (exact) mass is 286 g/mol. The first-order chi connectivity index (χ1) is 9.89. The minimum Gasteiger partial charge on any atom is -0.497 e. The molecule has 0 saturated carbocycles. The topological polar surface area (TPSA) is 44.1 Å². The predicted octanol–water partition coefficient (Wildman–Crippen LogP) is 3.33. The maximum absolute atomic E-state index is 12.6. The third-order valence-electron chi connectivity index (χ3n) is 4.12. The summed E-state index contributed by atoms with van der Waals surface area (Å²) in [7, 11) is 1.63. The molecule has 3 rings (SSSR count). The average molecular weight is 286 g/mol. The predicted molar refractivity (Wildman–Crippen MR) is 84.0 cm³/mol. The smallest absolute Gasteiger partial charge is 0.261 e. The van der Waals surface area contributed by atoms with Crippen LogP contribution in [0.15, 0.2) is 23.0 Å². The van der Waals surface area contributed by atoms with Crippen LogP contribution >= 0.6 is 0 Å². The number of aromatic nitrogens is 2. The van der Waals surface area contributed by atoms with Gasteiger partial charge >= 0.3 is 0 Å². The van der Waals surface area contributed by atoms with Crippen molar-refractivity contribution >= 4 is 10.9 Å². The normalized spacial score (nSPS) is 18.0. The molecule has 0 bridgehead atoms. The highest BCUT2D eigenvalue weighted by Gasteiger charge is 2.29. The van der Waals surface area contributed by atoms with Crippen LogP contribution in [0.25, 0.3) is 10.9 Å². The number of benzene rings is 1. The van der Waals surface area contributed by atoms with Crippen LogP contribution in [-0.4, -0.2) is 16.7 Å². The molecule has 4 heteroatoms. The average Bonchev–Trinajstić information content (AvgIpc) is 2.80. The van der Waals surface area contributed by atoms with E-state index in [2.05, 4.69) is 20.8 Å². The van der Waals surface area contributed by atoms with E-state index in [1.807, 2.05) is 22.8 Å². The van der Waals surface area contributed by atoms with Gasteiger partial charge < -0.3 is 4.74 Å². The Morgan fingerprint density at radius 2 is 2.14 bits per heavy atom. The zero-order chi connectivity index (χ0) is 15.2. The summed E-state index contributed by atoms with van der Waals surface area (Å²) in [6.07, 6.45) is 2.06. The van der Waals surface area contributed by atoms with Crippen molar-refractivity contribution in [2.75, 3.05) is 7.11 Å². The first-order valence-electron chi connectivity index (χ1n) is 7.47. The highest BCUT2D eigenvalue weighted by Crippen LogP contribution is 2.36. The largest absolute Gasteiger partial charge is 0.497 e. The summed E-state index contributed by atoms with van der Waals surface area (Å²) in [6.45, 7) is 7.48. The van der Waals surface area contributed by atoms with Gasteiger partial charge in [-0.15, -0.1) is 0 Å². The molecule has 1 aliphatic rings. The van der Waals surface area contributed by atoms with E-state index in [0.29, 0.717) is 11.3 Å². The van der Waals surface area contributed by atoms with Crippen LogP contribution in [0.2, 0.25) is 0 Å². The molecule has 4 nitrogen and oxygen atoms in total. The van der Waals surface area contributed by atoms with Crippen LogP contribution in [0.3, 0.4) is 0 Å². The highest BCUT2D eigenvalue weighted by molar-refractivity contribution is 5.79. The number of methoxy groups -OCH3 is 1. The van der Waals surface area contributed by atoms with E-state index in [9.17, 15) is 4.79 Å². The third kappa shape index (κ3) is 2.55. The first-order valence-corrected chi connectivity index (χ1v) is 7.47. The molecule has 2 heterocycles. The lowest BCUT2D eigenvalue weighted by molar-refractivity contribution is 0.336. The standard InChI is InChI=1S/C17H22N2O2/c1-17(2,3)10-11-7-8-19-15(11)18-14-9-12(21-4)5-6-13(14)16(19)20/h5-6,9,11H,7-8,10H2,1-4H3/t11-/m1/s1. The molecule has 0 spiro atoms. The fourth-order valence-corrected chi connectivity index (χ4v) is 3.22. The Morgan fingerprint density at radius 1 is 1.38 bits per heavy atom. The molecule has 0 aliphatic carbocycles. The summed E-state index contributed by atoms with van der Waals surface area (Å²) in [5.41, 5.74) is 1.06. The Kier molecular flexibility index (Phi) is 3.27. The second-order valence-electron chi connectivity index (χ2n) is 7.06. The highest BCUT2D eigenvalue weighted by atomic mass is 16.5. The first kappa shape index (κ1) is 14.1. The molecule has 0 saturated heterocycles. The molecule has 112 valence electrons. The molecule has 1 aromatic heterocycles. The van der Waals surface area contributed by atoms with Crippen molar-refractivity contribution in [2.24, 2.45) is 5.41 Å². The van der Waals surface area contributed by atoms with Crippen molar-refractivity contribution in [1.29, 1.82) is 0 Å². The van der Waals surface area contributed by atoms with Gasteiger partial charge in [-0.1, -0.05) is 20.8 Å². The van der Waals surface area contributed by atoms with E-state index in [1.165, 1.54) is 0 Å². The lowest BCUT2D eigenvalue weighted by Crippen LogP contribution is -2.22. The Labute approximate surface area is 124 Å². The molecule has 0 N–H and O–H groups in total. The molecule has 0 fully saturated rings. The molecule has 0 amide bonds. The number of fused-ring (bicyclic) bond motifs is 2. The molecule has 1 atom stereocenters. The van der Waals surface area contributed by atoms with Gasteiger partial charge in [0.1, 0.15) is 11.6 Å². The zero-order valence-corrected chi connectivity index (χ0v) is 13.1. The van der Waals surface area contributed by atoms with Gasteiger partial charge in [-0.25, -0.2) is 4.98 Å². The van der Waals surface area contributed by atoms with Gasteiger partial charge in [0.2, 0.25) is 0 Å². The van der Waals surface area contributed by atoms with Gasteiger partial charge in [0.15, 0.2) is 0 Å². The quantitative estimate of drug-likeness (QED) is 0.850. The van der Waals surface area contributed by atoms with Crippen molar-refractivity contribution in [3.05, 3.63) is 34.4 Å². The Balaban J connectivity index is 2.14. The molecule has 1 aliphatic heterocycles. The minimum atomic E-state index is 0.0778. The zero-order valence-electron chi connectivity index (χ0n) is 13.1. The summed E-state index contributed by atoms with van der Waals surface area (Å²) in [4.78, 5) is 17.4. The van der Waals surface area contributed by atoms with E-state index in [0.717, 1.165) is 36.5 Å². The second-order valence-corrected chi connectivity index (χ2v) is 7.06. The summed E-state index contributed by atoms with van der Waals surface area (Å²) in [5, 5.41) is 0.677. The Morgan fingerprint density at radius 3 is 2.81 bits per heavy atom. The molecule has 0 unspecified atom stereocenters. The second kappa shape index (κ2) is 4.86. The maximum Gasteiger partial charge on any atom is 0.261 e. The van der Waals surface area contributed by atoms with Gasteiger partial charge in [0, 0.05) is 18.5 Å². The fourth-order valence-electron chi connectivity index (χ4n) is 3.22. The number of rotatable bonds is 2. The van der Waals surface area contributed by atoms with Crippen LogP contribution in [0.4, 0.5) is 0 Å². The van der Waals surface area contributed by atoms with Crippen molar-refractivity contribution in [2.45, 2.75) is 46.1 Å². The van der Waals surface area contributed by atoms with Gasteiger partial charge in [-0.2, -0.15) is 0 Å². The summed E-state index contributed by atoms with van der Waals surface area (Å²) >= 11 is 0. The van der Waals surface area contributed by atoms with Gasteiger partial charge in [-0.3, -0.25) is 9.36 Å². The molecule has 0 radical (unpaired) electrons. The SMILES string of the molecule is COc1ccc2c(=O)n3c(nc2c1)[C@@H](CC(C)(C)C)CC3. The fraction of sp³-hybridized carbons (Fsp3) is 0.529. The minimum absolute atomic E-state index is 0.0778. The number of ether oxygens (including phenoxy) is 1. The van der Waals surface area contributed by atoms with Gasteiger partial charge in [0.25, 0.3) is 5.56 Å². The summed E-state index contributed by atoms with van der Waals surface area (Å²) in [6, 6.07) is 5.48. The van der Waals surface area contributed by atoms with Crippen molar-refractivity contribution < 1.29 is 4.74 Å². The van der Waals surface area contributed by atoms with Crippen molar-refractivity contribution in [1.82, 2.24) is 9.55 Å². The van der Waals surface area contributed by atoms with Crippen LogP contribution in [-0.2, 0) is 6.54 Å². The van der Waals surface area contributed by atoms with E-state index >= 15 is 0 Å². The van der Waals surface area contributed by atoms with Gasteiger partial charge in [0.05, 0.1) is 18.0 Å². The lowest BCUT2D eigenvalue weighted by atomic mass is 9.84.